The second-order valence-corrected chi connectivity index (χ2v) is 6.10. The number of thiazole rings is 1. The van der Waals surface area contributed by atoms with Crippen LogP contribution in [0.15, 0.2) is 0 Å². The first-order chi connectivity index (χ1) is 8.65. The summed E-state index contributed by atoms with van der Waals surface area (Å²) >= 11 is 1.63. The molecule has 1 aromatic rings. The van der Waals surface area contributed by atoms with Crippen LogP contribution in [0.1, 0.15) is 43.2 Å². The lowest BCUT2D eigenvalue weighted by Gasteiger charge is -2.30. The van der Waals surface area contributed by atoms with Crippen LogP contribution in [0.4, 0.5) is 5.13 Å². The van der Waals surface area contributed by atoms with Crippen LogP contribution in [0.25, 0.3) is 0 Å². The Morgan fingerprint density at radius 2 is 2.11 bits per heavy atom. The van der Waals surface area contributed by atoms with Crippen LogP contribution in [0, 0.1) is 0 Å². The fourth-order valence-electron chi connectivity index (χ4n) is 2.33. The third-order valence-corrected chi connectivity index (χ3v) is 4.57. The predicted molar refractivity (Wildman–Crippen MR) is 74.4 cm³/mol. The molecule has 5 heteroatoms. The second-order valence-electron chi connectivity index (χ2n) is 5.04. The minimum atomic E-state index is 0.0969. The van der Waals surface area contributed by atoms with Gasteiger partial charge in [0.1, 0.15) is 0 Å². The van der Waals surface area contributed by atoms with Crippen molar-refractivity contribution in [3.63, 3.8) is 0 Å². The average Bonchev–Trinajstić information content (AvgIpc) is 2.83. The van der Waals surface area contributed by atoms with Gasteiger partial charge in [-0.3, -0.25) is 0 Å². The van der Waals surface area contributed by atoms with Gasteiger partial charge in [-0.1, -0.05) is 25.2 Å². The van der Waals surface area contributed by atoms with E-state index in [-0.39, 0.29) is 6.61 Å². The van der Waals surface area contributed by atoms with E-state index in [0.29, 0.717) is 12.0 Å². The maximum absolute atomic E-state index is 9.39. The van der Waals surface area contributed by atoms with Crippen LogP contribution in [-0.2, 0) is 11.3 Å². The average molecular weight is 270 g/mol. The number of hydrogen-bond donors (Lipinski definition) is 1. The van der Waals surface area contributed by atoms with Gasteiger partial charge in [0.2, 0.25) is 0 Å². The van der Waals surface area contributed by atoms with E-state index < -0.39 is 0 Å². The molecule has 0 bridgehead atoms. The number of nitrogens with zero attached hydrogens (tertiary/aromatic N) is 2. The molecule has 1 aromatic heterocycles. The van der Waals surface area contributed by atoms with Crippen LogP contribution in [0.3, 0.4) is 0 Å². The van der Waals surface area contributed by atoms with Gasteiger partial charge < -0.3 is 14.7 Å². The number of rotatable bonds is 4. The molecule has 0 aromatic carbocycles. The molecule has 1 saturated heterocycles. The maximum atomic E-state index is 9.39. The number of methoxy groups -OCH3 is 1. The lowest BCUT2D eigenvalue weighted by Crippen LogP contribution is -2.36. The van der Waals surface area contributed by atoms with Crippen molar-refractivity contribution in [3.05, 3.63) is 10.6 Å². The van der Waals surface area contributed by atoms with Crippen LogP contribution in [-0.4, -0.2) is 36.4 Å². The first-order valence-electron chi connectivity index (χ1n) is 6.54. The van der Waals surface area contributed by atoms with Crippen molar-refractivity contribution in [2.45, 2.75) is 45.3 Å². The van der Waals surface area contributed by atoms with Crippen molar-refractivity contribution in [2.75, 3.05) is 25.1 Å². The van der Waals surface area contributed by atoms with Crippen molar-refractivity contribution in [1.82, 2.24) is 4.98 Å². The molecule has 2 heterocycles. The van der Waals surface area contributed by atoms with E-state index in [0.717, 1.165) is 41.6 Å². The predicted octanol–water partition coefficient (Wildman–Crippen LogP) is 2.37. The Hall–Kier alpha value is -0.650. The largest absolute Gasteiger partial charge is 0.391 e. The standard InChI is InChI=1S/C13H22N2O2S/c1-9(2)12-11(8-16)18-13(14-12)15-6-4-10(17-3)5-7-15/h9-10,16H,4-8H2,1-3H3. The Kier molecular flexibility index (Phi) is 4.59. The Morgan fingerprint density at radius 1 is 1.44 bits per heavy atom. The van der Waals surface area contributed by atoms with E-state index in [4.69, 9.17) is 9.72 Å². The molecule has 2 rings (SSSR count). The molecular weight excluding hydrogens is 248 g/mol. The van der Waals surface area contributed by atoms with E-state index in [1.807, 2.05) is 0 Å². The number of hydrogen-bond acceptors (Lipinski definition) is 5. The summed E-state index contributed by atoms with van der Waals surface area (Å²) in [6, 6.07) is 0. The first-order valence-corrected chi connectivity index (χ1v) is 7.35. The van der Waals surface area contributed by atoms with Gasteiger partial charge in [0, 0.05) is 20.2 Å². The zero-order valence-electron chi connectivity index (χ0n) is 11.3. The highest BCUT2D eigenvalue weighted by molar-refractivity contribution is 7.15. The van der Waals surface area contributed by atoms with E-state index in [2.05, 4.69) is 18.7 Å². The van der Waals surface area contributed by atoms with Crippen molar-refractivity contribution in [3.8, 4) is 0 Å². The summed E-state index contributed by atoms with van der Waals surface area (Å²) in [5.74, 6) is 0.369. The van der Waals surface area contributed by atoms with Crippen LogP contribution in [0.2, 0.25) is 0 Å². The summed E-state index contributed by atoms with van der Waals surface area (Å²) in [7, 11) is 1.78. The highest BCUT2D eigenvalue weighted by Crippen LogP contribution is 2.32. The molecule has 1 aliphatic heterocycles. The van der Waals surface area contributed by atoms with Crippen molar-refractivity contribution in [2.24, 2.45) is 0 Å². The molecule has 0 spiro atoms. The minimum absolute atomic E-state index is 0.0969. The number of aromatic nitrogens is 1. The number of aliphatic hydroxyl groups is 1. The topological polar surface area (TPSA) is 45.6 Å². The highest BCUT2D eigenvalue weighted by Gasteiger charge is 2.23. The third-order valence-electron chi connectivity index (χ3n) is 3.45. The molecule has 0 amide bonds. The summed E-state index contributed by atoms with van der Waals surface area (Å²) in [6.45, 7) is 6.33. The third kappa shape index (κ3) is 2.84. The van der Waals surface area contributed by atoms with E-state index in [9.17, 15) is 5.11 Å². The zero-order chi connectivity index (χ0) is 13.1. The summed E-state index contributed by atoms with van der Waals surface area (Å²) in [5.41, 5.74) is 1.05. The normalized spacial score (nSPS) is 17.7. The molecule has 0 atom stereocenters. The zero-order valence-corrected chi connectivity index (χ0v) is 12.2. The van der Waals surface area contributed by atoms with Crippen LogP contribution >= 0.6 is 11.3 Å². The maximum Gasteiger partial charge on any atom is 0.185 e. The van der Waals surface area contributed by atoms with Gasteiger partial charge in [-0.25, -0.2) is 4.98 Å². The number of piperidine rings is 1. The van der Waals surface area contributed by atoms with Gasteiger partial charge in [0.25, 0.3) is 0 Å². The summed E-state index contributed by atoms with van der Waals surface area (Å²) in [4.78, 5) is 8.02. The van der Waals surface area contributed by atoms with Crippen LogP contribution < -0.4 is 4.90 Å². The fourth-order valence-corrected chi connectivity index (χ4v) is 3.46. The van der Waals surface area contributed by atoms with Gasteiger partial charge in [-0.2, -0.15) is 0 Å². The van der Waals surface area contributed by atoms with Gasteiger partial charge >= 0.3 is 0 Å². The van der Waals surface area contributed by atoms with Crippen molar-refractivity contribution >= 4 is 16.5 Å². The molecule has 18 heavy (non-hydrogen) atoms. The summed E-state index contributed by atoms with van der Waals surface area (Å²) < 4.78 is 5.38. The first kappa shape index (κ1) is 13.8. The molecule has 0 saturated carbocycles. The molecule has 0 radical (unpaired) electrons. The molecule has 4 nitrogen and oxygen atoms in total. The van der Waals surface area contributed by atoms with Gasteiger partial charge in [0.15, 0.2) is 5.13 Å². The quantitative estimate of drug-likeness (QED) is 0.912. The second kappa shape index (κ2) is 5.99. The number of ether oxygens (including phenoxy) is 1. The molecular formula is C13H22N2O2S. The Labute approximate surface area is 113 Å². The Balaban J connectivity index is 2.10. The molecule has 1 N–H and O–H groups in total. The summed E-state index contributed by atoms with van der Waals surface area (Å²) in [6.07, 6.45) is 2.51. The minimum Gasteiger partial charge on any atom is -0.391 e. The fraction of sp³-hybridized carbons (Fsp3) is 0.769. The molecule has 102 valence electrons. The highest BCUT2D eigenvalue weighted by atomic mass is 32.1. The van der Waals surface area contributed by atoms with Crippen LogP contribution in [0.5, 0.6) is 0 Å². The molecule has 0 aliphatic carbocycles. The van der Waals surface area contributed by atoms with Gasteiger partial charge in [-0.15, -0.1) is 0 Å². The monoisotopic (exact) mass is 270 g/mol. The SMILES string of the molecule is COC1CCN(c2nc(C(C)C)c(CO)s2)CC1. The Bertz CT molecular complexity index is 384. The molecule has 0 unspecified atom stereocenters. The smallest absolute Gasteiger partial charge is 0.185 e. The lowest BCUT2D eigenvalue weighted by molar-refractivity contribution is 0.0819. The van der Waals surface area contributed by atoms with Crippen molar-refractivity contribution < 1.29 is 9.84 Å². The lowest BCUT2D eigenvalue weighted by atomic mass is 10.1. The van der Waals surface area contributed by atoms with Gasteiger partial charge in [-0.05, 0) is 18.8 Å². The van der Waals surface area contributed by atoms with Crippen molar-refractivity contribution in [1.29, 1.82) is 0 Å². The Morgan fingerprint density at radius 3 is 2.56 bits per heavy atom. The van der Waals surface area contributed by atoms with E-state index >= 15 is 0 Å². The van der Waals surface area contributed by atoms with Gasteiger partial charge in [0.05, 0.1) is 23.3 Å². The van der Waals surface area contributed by atoms with E-state index in [1.54, 1.807) is 18.4 Å². The van der Waals surface area contributed by atoms with E-state index in [1.165, 1.54) is 0 Å². The molecule has 1 fully saturated rings. The summed E-state index contributed by atoms with van der Waals surface area (Å²) in [5, 5.41) is 10.4. The molecule has 1 aliphatic rings. The number of aliphatic hydroxyl groups excluding tert-OH is 1. The number of anilines is 1.